The maximum absolute atomic E-state index is 12.0. The molecule has 0 saturated heterocycles. The summed E-state index contributed by atoms with van der Waals surface area (Å²) in [6.45, 7) is 4.25. The van der Waals surface area contributed by atoms with Crippen LogP contribution in [0.2, 0.25) is 0 Å². The number of furan rings is 1. The predicted molar refractivity (Wildman–Crippen MR) is 69.3 cm³/mol. The highest BCUT2D eigenvalue weighted by Crippen LogP contribution is 2.06. The fourth-order valence-electron chi connectivity index (χ4n) is 1.61. The van der Waals surface area contributed by atoms with E-state index in [2.05, 4.69) is 15.4 Å². The van der Waals surface area contributed by atoms with Crippen LogP contribution in [0.3, 0.4) is 0 Å². The Labute approximate surface area is 112 Å². The van der Waals surface area contributed by atoms with E-state index in [4.69, 9.17) is 4.42 Å². The lowest BCUT2D eigenvalue weighted by Crippen LogP contribution is -2.47. The van der Waals surface area contributed by atoms with Crippen molar-refractivity contribution < 1.29 is 18.7 Å². The Balaban J connectivity index is 2.52. The van der Waals surface area contributed by atoms with Crippen LogP contribution in [0.1, 0.15) is 26.0 Å². The molecule has 1 atom stereocenters. The maximum atomic E-state index is 12.0. The van der Waals surface area contributed by atoms with E-state index in [1.807, 2.05) is 13.8 Å². The van der Waals surface area contributed by atoms with Gasteiger partial charge in [0.25, 0.3) is 0 Å². The molecule has 19 heavy (non-hydrogen) atoms. The first-order valence-electron chi connectivity index (χ1n) is 6.17. The number of hydrogen-bond donors (Lipinski definition) is 2. The quantitative estimate of drug-likeness (QED) is 0.822. The topological polar surface area (TPSA) is 80.6 Å². The molecule has 0 spiro atoms. The van der Waals surface area contributed by atoms with Gasteiger partial charge in [-0.2, -0.15) is 0 Å². The number of alkyl carbamates (subject to hydrolysis) is 1. The number of amides is 2. The molecule has 0 fully saturated rings. The van der Waals surface area contributed by atoms with Gasteiger partial charge in [-0.15, -0.1) is 0 Å². The fraction of sp³-hybridized carbons (Fsp3) is 0.538. The van der Waals surface area contributed by atoms with Crippen LogP contribution in [0.15, 0.2) is 22.8 Å². The predicted octanol–water partition coefficient (Wildman–Crippen LogP) is 1.67. The zero-order chi connectivity index (χ0) is 14.3. The summed E-state index contributed by atoms with van der Waals surface area (Å²) >= 11 is 0. The van der Waals surface area contributed by atoms with E-state index in [1.165, 1.54) is 7.11 Å². The van der Waals surface area contributed by atoms with Crippen LogP contribution in [-0.2, 0) is 16.1 Å². The summed E-state index contributed by atoms with van der Waals surface area (Å²) < 4.78 is 9.63. The summed E-state index contributed by atoms with van der Waals surface area (Å²) in [6, 6.07) is 2.91. The van der Waals surface area contributed by atoms with Crippen molar-refractivity contribution in [2.24, 2.45) is 5.92 Å². The molecule has 6 heteroatoms. The van der Waals surface area contributed by atoms with E-state index >= 15 is 0 Å². The van der Waals surface area contributed by atoms with Gasteiger partial charge in [0.15, 0.2) is 0 Å². The molecular weight excluding hydrogens is 248 g/mol. The van der Waals surface area contributed by atoms with Crippen LogP contribution in [0.25, 0.3) is 0 Å². The Hall–Kier alpha value is -1.98. The molecule has 106 valence electrons. The van der Waals surface area contributed by atoms with Crippen molar-refractivity contribution in [3.05, 3.63) is 24.2 Å². The van der Waals surface area contributed by atoms with Gasteiger partial charge < -0.3 is 19.8 Å². The highest BCUT2D eigenvalue weighted by Gasteiger charge is 2.22. The summed E-state index contributed by atoms with van der Waals surface area (Å²) in [7, 11) is 1.27. The highest BCUT2D eigenvalue weighted by atomic mass is 16.5. The summed E-state index contributed by atoms with van der Waals surface area (Å²) in [5, 5.41) is 5.24. The second kappa shape index (κ2) is 7.45. The van der Waals surface area contributed by atoms with E-state index in [0.29, 0.717) is 18.7 Å². The van der Waals surface area contributed by atoms with Gasteiger partial charge in [0.05, 0.1) is 19.9 Å². The normalized spacial score (nSPS) is 12.0. The molecule has 0 unspecified atom stereocenters. The first-order chi connectivity index (χ1) is 9.02. The Morgan fingerprint density at radius 1 is 1.42 bits per heavy atom. The Kier molecular flexibility index (Phi) is 5.92. The molecule has 0 saturated carbocycles. The zero-order valence-electron chi connectivity index (χ0n) is 11.4. The smallest absolute Gasteiger partial charge is 0.407 e. The minimum absolute atomic E-state index is 0.254. The van der Waals surface area contributed by atoms with E-state index in [9.17, 15) is 9.59 Å². The number of nitrogens with one attached hydrogen (secondary N) is 2. The Morgan fingerprint density at radius 3 is 2.68 bits per heavy atom. The van der Waals surface area contributed by atoms with Crippen LogP contribution in [0.5, 0.6) is 0 Å². The Morgan fingerprint density at radius 2 is 2.16 bits per heavy atom. The molecule has 1 heterocycles. The van der Waals surface area contributed by atoms with Gasteiger partial charge in [0, 0.05) is 0 Å². The van der Waals surface area contributed by atoms with E-state index in [0.717, 1.165) is 0 Å². The Bertz CT molecular complexity index is 401. The van der Waals surface area contributed by atoms with E-state index in [1.54, 1.807) is 18.4 Å². The molecular formula is C13H20N2O4. The molecule has 0 aliphatic heterocycles. The van der Waals surface area contributed by atoms with Gasteiger partial charge in [-0.3, -0.25) is 4.79 Å². The molecule has 6 nitrogen and oxygen atoms in total. The van der Waals surface area contributed by atoms with Gasteiger partial charge in [-0.05, 0) is 24.5 Å². The standard InChI is InChI=1S/C13H20N2O4/c1-9(2)7-11(15-13(17)18-3)12(16)14-8-10-5-4-6-19-10/h4-6,9,11H,7-8H2,1-3H3,(H,14,16)(H,15,17)/t11-/m1/s1. The van der Waals surface area contributed by atoms with Crippen LogP contribution in [-0.4, -0.2) is 25.2 Å². The minimum Gasteiger partial charge on any atom is -0.467 e. The van der Waals surface area contributed by atoms with Crippen molar-refractivity contribution in [1.82, 2.24) is 10.6 Å². The average molecular weight is 268 g/mol. The van der Waals surface area contributed by atoms with Gasteiger partial charge in [0.1, 0.15) is 11.8 Å². The fourth-order valence-corrected chi connectivity index (χ4v) is 1.61. The minimum atomic E-state index is -0.612. The molecule has 1 aromatic rings. The van der Waals surface area contributed by atoms with Gasteiger partial charge in [-0.25, -0.2) is 4.79 Å². The summed E-state index contributed by atoms with van der Waals surface area (Å²) in [5.74, 6) is 0.682. The molecule has 2 amide bonds. The SMILES string of the molecule is COC(=O)N[C@H](CC(C)C)C(=O)NCc1ccco1. The second-order valence-electron chi connectivity index (χ2n) is 4.62. The summed E-state index contributed by atoms with van der Waals surface area (Å²) in [5.41, 5.74) is 0. The lowest BCUT2D eigenvalue weighted by molar-refractivity contribution is -0.123. The largest absolute Gasteiger partial charge is 0.467 e. The van der Waals surface area contributed by atoms with Gasteiger partial charge >= 0.3 is 6.09 Å². The van der Waals surface area contributed by atoms with Crippen molar-refractivity contribution in [1.29, 1.82) is 0 Å². The molecule has 2 N–H and O–H groups in total. The molecule has 0 radical (unpaired) electrons. The lowest BCUT2D eigenvalue weighted by Gasteiger charge is -2.19. The third-order valence-electron chi connectivity index (χ3n) is 2.52. The van der Waals surface area contributed by atoms with Gasteiger partial charge in [0.2, 0.25) is 5.91 Å². The van der Waals surface area contributed by atoms with E-state index < -0.39 is 12.1 Å². The highest BCUT2D eigenvalue weighted by molar-refractivity contribution is 5.85. The van der Waals surface area contributed by atoms with Crippen molar-refractivity contribution in [3.8, 4) is 0 Å². The zero-order valence-corrected chi connectivity index (χ0v) is 11.4. The van der Waals surface area contributed by atoms with Crippen LogP contribution < -0.4 is 10.6 Å². The van der Waals surface area contributed by atoms with Crippen LogP contribution in [0, 0.1) is 5.92 Å². The van der Waals surface area contributed by atoms with Crippen molar-refractivity contribution in [2.45, 2.75) is 32.9 Å². The molecule has 1 aromatic heterocycles. The lowest BCUT2D eigenvalue weighted by atomic mass is 10.0. The first kappa shape index (κ1) is 15.1. The second-order valence-corrected chi connectivity index (χ2v) is 4.62. The van der Waals surface area contributed by atoms with Crippen LogP contribution >= 0.6 is 0 Å². The monoisotopic (exact) mass is 268 g/mol. The molecule has 0 aromatic carbocycles. The molecule has 0 aliphatic carbocycles. The van der Waals surface area contributed by atoms with Gasteiger partial charge in [-0.1, -0.05) is 13.8 Å². The molecule has 1 rings (SSSR count). The van der Waals surface area contributed by atoms with Crippen LogP contribution in [0.4, 0.5) is 4.79 Å². The number of carbonyl (C=O) groups is 2. The number of rotatable bonds is 6. The number of carbonyl (C=O) groups excluding carboxylic acids is 2. The summed E-state index contributed by atoms with van der Waals surface area (Å²) in [6.07, 6.45) is 1.47. The third-order valence-corrected chi connectivity index (χ3v) is 2.52. The number of ether oxygens (including phenoxy) is 1. The maximum Gasteiger partial charge on any atom is 0.407 e. The van der Waals surface area contributed by atoms with Crippen molar-refractivity contribution in [2.75, 3.05) is 7.11 Å². The number of hydrogen-bond acceptors (Lipinski definition) is 4. The summed E-state index contributed by atoms with van der Waals surface area (Å²) in [4.78, 5) is 23.2. The van der Waals surface area contributed by atoms with Crippen molar-refractivity contribution in [3.63, 3.8) is 0 Å². The third kappa shape index (κ3) is 5.46. The first-order valence-corrected chi connectivity index (χ1v) is 6.17. The average Bonchev–Trinajstić information content (AvgIpc) is 2.87. The molecule has 0 bridgehead atoms. The number of methoxy groups -OCH3 is 1. The van der Waals surface area contributed by atoms with E-state index in [-0.39, 0.29) is 11.8 Å². The molecule has 0 aliphatic rings. The van der Waals surface area contributed by atoms with Crippen molar-refractivity contribution >= 4 is 12.0 Å².